The van der Waals surface area contributed by atoms with Gasteiger partial charge in [0.15, 0.2) is 0 Å². The second kappa shape index (κ2) is 29.8. The van der Waals surface area contributed by atoms with Gasteiger partial charge in [0.2, 0.25) is 0 Å². The first kappa shape index (κ1) is 30.8. The van der Waals surface area contributed by atoms with Gasteiger partial charge in [-0.3, -0.25) is 9.59 Å². The molecule has 0 saturated heterocycles. The average Bonchev–Trinajstić information content (AvgIpc) is 2.57. The quantitative estimate of drug-likeness (QED) is 0.109. The van der Waals surface area contributed by atoms with Gasteiger partial charge in [0.1, 0.15) is 6.29 Å². The summed E-state index contributed by atoms with van der Waals surface area (Å²) in [5.74, 6) is 0. The molecule has 0 atom stereocenters. The van der Waals surface area contributed by atoms with Gasteiger partial charge in [0.05, 0.1) is 0 Å². The van der Waals surface area contributed by atoms with Crippen molar-refractivity contribution in [3.05, 3.63) is 12.2 Å². The Labute approximate surface area is 176 Å². The average molecular weight is 421 g/mol. The summed E-state index contributed by atoms with van der Waals surface area (Å²) in [5, 5.41) is -1.28. The Balaban J connectivity index is -0.000000603. The van der Waals surface area contributed by atoms with Crippen LogP contribution in [0.15, 0.2) is 12.2 Å². The van der Waals surface area contributed by atoms with E-state index in [-0.39, 0.29) is 0 Å². The van der Waals surface area contributed by atoms with Crippen LogP contribution in [-0.2, 0) is 4.79 Å². The lowest BCUT2D eigenvalue weighted by Gasteiger charge is -1.98. The number of carbonyl (C=O) groups is 3. The van der Waals surface area contributed by atoms with E-state index in [0.717, 1.165) is 19.1 Å². The van der Waals surface area contributed by atoms with Gasteiger partial charge in [-0.2, -0.15) is 0 Å². The first-order valence-electron chi connectivity index (χ1n) is 9.93. The zero-order chi connectivity index (χ0) is 21.2. The van der Waals surface area contributed by atoms with Crippen LogP contribution in [0.4, 0.5) is 9.59 Å². The Morgan fingerprint density at radius 2 is 0.963 bits per heavy atom. The third kappa shape index (κ3) is 58.8. The Morgan fingerprint density at radius 1 is 0.667 bits per heavy atom. The maximum Gasteiger partial charge on any atom is 0.273 e. The summed E-state index contributed by atoms with van der Waals surface area (Å²) in [7, 11) is 0. The smallest absolute Gasteiger partial charge is 0.273 e. The van der Waals surface area contributed by atoms with E-state index >= 15 is 0 Å². The maximum atomic E-state index is 10.1. The molecule has 0 saturated carbocycles. The molecule has 7 heteroatoms. The molecule has 27 heavy (non-hydrogen) atoms. The molecule has 0 aliphatic heterocycles. The van der Waals surface area contributed by atoms with Crippen LogP contribution in [-0.4, -0.2) is 16.8 Å². The third-order valence-electron chi connectivity index (χ3n) is 3.58. The SMILES string of the molecule is CCCCCCCCC=CCCCCCCCC=O.NC(=O)S.NC(=O)S. The van der Waals surface area contributed by atoms with Crippen molar-refractivity contribution in [3.8, 4) is 0 Å². The lowest BCUT2D eigenvalue weighted by Crippen LogP contribution is -1.95. The molecule has 0 aromatic carbocycles. The molecule has 0 spiro atoms. The predicted molar refractivity (Wildman–Crippen MR) is 123 cm³/mol. The normalized spacial score (nSPS) is 9.74. The van der Waals surface area contributed by atoms with Crippen molar-refractivity contribution in [2.45, 2.75) is 96.8 Å². The fourth-order valence-electron chi connectivity index (χ4n) is 2.30. The van der Waals surface area contributed by atoms with Crippen LogP contribution in [0.25, 0.3) is 0 Å². The van der Waals surface area contributed by atoms with Gasteiger partial charge in [0, 0.05) is 6.42 Å². The molecule has 0 unspecified atom stereocenters. The second-order valence-corrected chi connectivity index (χ2v) is 7.10. The highest BCUT2D eigenvalue weighted by Crippen LogP contribution is 2.09. The predicted octanol–water partition coefficient (Wildman–Crippen LogP) is 6.21. The topological polar surface area (TPSA) is 103 Å². The summed E-state index contributed by atoms with van der Waals surface area (Å²) < 4.78 is 0. The number of hydrogen-bond acceptors (Lipinski definition) is 3. The molecule has 5 nitrogen and oxygen atoms in total. The van der Waals surface area contributed by atoms with E-state index in [1.165, 1.54) is 77.0 Å². The number of aldehydes is 1. The zero-order valence-electron chi connectivity index (χ0n) is 16.9. The highest BCUT2D eigenvalue weighted by atomic mass is 32.1. The number of amides is 2. The monoisotopic (exact) mass is 420 g/mol. The van der Waals surface area contributed by atoms with Crippen LogP contribution in [0, 0.1) is 0 Å². The molecule has 0 aromatic heterocycles. The minimum Gasteiger partial charge on any atom is -0.361 e. The summed E-state index contributed by atoms with van der Waals surface area (Å²) in [5.41, 5.74) is 8.67. The molecule has 2 amide bonds. The van der Waals surface area contributed by atoms with Gasteiger partial charge < -0.3 is 16.3 Å². The van der Waals surface area contributed by atoms with Gasteiger partial charge in [-0.25, -0.2) is 0 Å². The van der Waals surface area contributed by atoms with Crippen molar-refractivity contribution in [1.29, 1.82) is 0 Å². The molecule has 0 radical (unpaired) electrons. The van der Waals surface area contributed by atoms with E-state index in [2.05, 4.69) is 55.8 Å². The van der Waals surface area contributed by atoms with E-state index in [4.69, 9.17) is 9.59 Å². The number of rotatable bonds is 15. The first-order chi connectivity index (χ1) is 12.9. The van der Waals surface area contributed by atoms with Gasteiger partial charge in [-0.1, -0.05) is 95.7 Å². The molecule has 0 aliphatic carbocycles. The van der Waals surface area contributed by atoms with Gasteiger partial charge in [0.25, 0.3) is 10.5 Å². The lowest BCUT2D eigenvalue weighted by atomic mass is 10.1. The van der Waals surface area contributed by atoms with Crippen molar-refractivity contribution in [2.24, 2.45) is 11.5 Å². The number of unbranched alkanes of at least 4 members (excludes halogenated alkanes) is 12. The Hall–Kier alpha value is -0.950. The van der Waals surface area contributed by atoms with Crippen molar-refractivity contribution in [2.75, 3.05) is 0 Å². The van der Waals surface area contributed by atoms with Crippen LogP contribution in [0.3, 0.4) is 0 Å². The standard InChI is InChI=1S/C18H34O.2CH3NOS/c1-2-3-4-5-6-7-8-9-10-11-12-13-14-15-16-17-18-19;2*2-1(3)4/h9-10,18H,2-8,11-17H2,1H3;2*(H3,2,3,4). The van der Waals surface area contributed by atoms with Crippen LogP contribution in [0.1, 0.15) is 96.8 Å². The minimum absolute atomic E-state index is 0.639. The highest BCUT2D eigenvalue weighted by molar-refractivity contribution is 7.96. The summed E-state index contributed by atoms with van der Waals surface area (Å²) in [4.78, 5) is 28.3. The minimum atomic E-state index is -0.639. The van der Waals surface area contributed by atoms with Gasteiger partial charge in [-0.05, 0) is 32.1 Å². The lowest BCUT2D eigenvalue weighted by molar-refractivity contribution is -0.107. The van der Waals surface area contributed by atoms with Crippen molar-refractivity contribution in [1.82, 2.24) is 0 Å². The van der Waals surface area contributed by atoms with Gasteiger partial charge >= 0.3 is 0 Å². The summed E-state index contributed by atoms with van der Waals surface area (Å²) in [6, 6.07) is 0. The number of allylic oxidation sites excluding steroid dienone is 2. The largest absolute Gasteiger partial charge is 0.361 e. The molecule has 0 bridgehead atoms. The number of nitrogens with two attached hydrogens (primary N) is 2. The van der Waals surface area contributed by atoms with E-state index < -0.39 is 10.5 Å². The molecule has 0 aliphatic rings. The zero-order valence-corrected chi connectivity index (χ0v) is 18.7. The fourth-order valence-corrected chi connectivity index (χ4v) is 2.30. The molecule has 0 fully saturated rings. The Bertz CT molecular complexity index is 345. The van der Waals surface area contributed by atoms with E-state index in [1.807, 2.05) is 0 Å². The van der Waals surface area contributed by atoms with Crippen molar-refractivity contribution < 1.29 is 14.4 Å². The molecular formula is C20H40N2O3S2. The van der Waals surface area contributed by atoms with E-state index in [0.29, 0.717) is 0 Å². The fraction of sp³-hybridized carbons (Fsp3) is 0.750. The number of hydrogen-bond donors (Lipinski definition) is 4. The Kier molecular flexibility index (Phi) is 34.0. The molecular weight excluding hydrogens is 380 g/mol. The van der Waals surface area contributed by atoms with E-state index in [1.54, 1.807) is 0 Å². The number of thiol groups is 2. The van der Waals surface area contributed by atoms with Crippen LogP contribution in [0.5, 0.6) is 0 Å². The van der Waals surface area contributed by atoms with E-state index in [9.17, 15) is 4.79 Å². The summed E-state index contributed by atoms with van der Waals surface area (Å²) in [6.07, 6.45) is 23.6. The molecule has 0 rings (SSSR count). The van der Waals surface area contributed by atoms with Crippen molar-refractivity contribution >= 4 is 42.0 Å². The second-order valence-electron chi connectivity index (χ2n) is 6.22. The van der Waals surface area contributed by atoms with Crippen LogP contribution >= 0.6 is 25.3 Å². The highest BCUT2D eigenvalue weighted by Gasteiger charge is 1.90. The first-order valence-corrected chi connectivity index (χ1v) is 10.8. The molecule has 160 valence electrons. The Morgan fingerprint density at radius 3 is 1.30 bits per heavy atom. The van der Waals surface area contributed by atoms with Crippen molar-refractivity contribution in [3.63, 3.8) is 0 Å². The molecule has 4 N–H and O–H groups in total. The number of carbonyl (C=O) groups excluding carboxylic acids is 3. The maximum absolute atomic E-state index is 10.1. The third-order valence-corrected chi connectivity index (χ3v) is 3.58. The number of primary amides is 2. The van der Waals surface area contributed by atoms with Crippen LogP contribution < -0.4 is 11.5 Å². The summed E-state index contributed by atoms with van der Waals surface area (Å²) >= 11 is 6.21. The van der Waals surface area contributed by atoms with Gasteiger partial charge in [-0.15, -0.1) is 0 Å². The molecule has 0 aromatic rings. The molecule has 0 heterocycles. The summed E-state index contributed by atoms with van der Waals surface area (Å²) in [6.45, 7) is 2.27. The van der Waals surface area contributed by atoms with Crippen LogP contribution in [0.2, 0.25) is 0 Å².